The molecule has 8 heteroatoms. The third-order valence-electron chi connectivity index (χ3n) is 4.62. The number of hydrogen-bond acceptors (Lipinski definition) is 6. The summed E-state index contributed by atoms with van der Waals surface area (Å²) in [5.74, 6) is -0.0335. The molecule has 0 spiro atoms. The van der Waals surface area contributed by atoms with E-state index in [1.54, 1.807) is 19.2 Å². The lowest BCUT2D eigenvalue weighted by Crippen LogP contribution is -2.27. The van der Waals surface area contributed by atoms with Crippen LogP contribution in [0.5, 0.6) is 5.75 Å². The van der Waals surface area contributed by atoms with Crippen molar-refractivity contribution in [2.24, 2.45) is 5.41 Å². The van der Waals surface area contributed by atoms with Crippen LogP contribution in [0.4, 0.5) is 5.69 Å². The van der Waals surface area contributed by atoms with E-state index >= 15 is 0 Å². The lowest BCUT2D eigenvalue weighted by atomic mass is 9.83. The molecule has 158 valence electrons. The maximum absolute atomic E-state index is 11.9. The van der Waals surface area contributed by atoms with Gasteiger partial charge in [-0.05, 0) is 38.4 Å². The second kappa shape index (κ2) is 8.48. The predicted octanol–water partition coefficient (Wildman–Crippen LogP) is 4.38. The summed E-state index contributed by atoms with van der Waals surface area (Å²) in [6, 6.07) is 3.37. The number of ether oxygens (including phenoxy) is 3. The highest BCUT2D eigenvalue weighted by Gasteiger charge is 2.36. The van der Waals surface area contributed by atoms with Crippen LogP contribution in [-0.4, -0.2) is 39.6 Å². The summed E-state index contributed by atoms with van der Waals surface area (Å²) >= 11 is 0. The monoisotopic (exact) mass is 411 g/mol. The standard InChI is InChI=1S/C20H33NO6Si/c1-19(2,3)18(27-28(7)8)15-11-17(24-6)13(10-16(15)21(22)23)9-14-12-25-20(4,5)26-14/h10-11,14,18,28H,9,12H2,1-8H3. The largest absolute Gasteiger partial charge is 0.496 e. The van der Waals surface area contributed by atoms with Gasteiger partial charge in [-0.2, -0.15) is 0 Å². The molecule has 1 aliphatic heterocycles. The van der Waals surface area contributed by atoms with Gasteiger partial charge in [-0.3, -0.25) is 10.1 Å². The molecule has 0 aromatic heterocycles. The summed E-state index contributed by atoms with van der Waals surface area (Å²) in [5.41, 5.74) is 1.06. The van der Waals surface area contributed by atoms with Gasteiger partial charge in [0.25, 0.3) is 5.69 Å². The maximum Gasteiger partial charge on any atom is 0.275 e. The molecule has 0 aliphatic carbocycles. The minimum absolute atomic E-state index is 0.0588. The van der Waals surface area contributed by atoms with E-state index in [2.05, 4.69) is 13.1 Å². The van der Waals surface area contributed by atoms with Crippen LogP contribution >= 0.6 is 0 Å². The van der Waals surface area contributed by atoms with E-state index in [-0.39, 0.29) is 28.2 Å². The fourth-order valence-electron chi connectivity index (χ4n) is 3.47. The molecule has 1 aromatic carbocycles. The Morgan fingerprint density at radius 1 is 1.36 bits per heavy atom. The van der Waals surface area contributed by atoms with E-state index in [1.807, 2.05) is 34.6 Å². The molecule has 2 atom stereocenters. The van der Waals surface area contributed by atoms with Gasteiger partial charge in [0.05, 0.1) is 36.4 Å². The summed E-state index contributed by atoms with van der Waals surface area (Å²) in [4.78, 5) is 11.6. The molecule has 0 N–H and O–H groups in total. The van der Waals surface area contributed by atoms with Gasteiger partial charge in [-0.15, -0.1) is 0 Å². The number of nitro groups is 1. The first kappa shape index (κ1) is 22.8. The fraction of sp³-hybridized carbons (Fsp3) is 0.700. The molecule has 2 unspecified atom stereocenters. The molecule has 0 radical (unpaired) electrons. The highest BCUT2D eigenvalue weighted by atomic mass is 28.3. The van der Waals surface area contributed by atoms with Crippen molar-refractivity contribution in [3.8, 4) is 5.75 Å². The summed E-state index contributed by atoms with van der Waals surface area (Å²) in [7, 11) is 0.151. The quantitative estimate of drug-likeness (QED) is 0.376. The van der Waals surface area contributed by atoms with E-state index in [1.165, 1.54) is 0 Å². The van der Waals surface area contributed by atoms with Crippen molar-refractivity contribution in [3.63, 3.8) is 0 Å². The number of rotatable bonds is 7. The van der Waals surface area contributed by atoms with Gasteiger partial charge >= 0.3 is 0 Å². The molecule has 1 aromatic rings. The summed E-state index contributed by atoms with van der Waals surface area (Å²) in [6.07, 6.45) is -0.0761. The van der Waals surface area contributed by atoms with E-state index in [4.69, 9.17) is 18.6 Å². The number of hydrogen-bond donors (Lipinski definition) is 0. The van der Waals surface area contributed by atoms with Gasteiger partial charge in [0.1, 0.15) is 5.75 Å². The van der Waals surface area contributed by atoms with E-state index in [0.29, 0.717) is 24.3 Å². The van der Waals surface area contributed by atoms with Gasteiger partial charge < -0.3 is 18.6 Å². The Morgan fingerprint density at radius 3 is 2.43 bits per heavy atom. The Kier molecular flexibility index (Phi) is 6.91. The van der Waals surface area contributed by atoms with Crippen molar-refractivity contribution in [2.75, 3.05) is 13.7 Å². The minimum Gasteiger partial charge on any atom is -0.496 e. The van der Waals surface area contributed by atoms with Crippen molar-refractivity contribution in [1.29, 1.82) is 0 Å². The van der Waals surface area contributed by atoms with E-state index in [0.717, 1.165) is 5.56 Å². The predicted molar refractivity (Wildman–Crippen MR) is 110 cm³/mol. The number of benzene rings is 1. The topological polar surface area (TPSA) is 80.1 Å². The number of nitrogens with zero attached hydrogens (tertiary/aromatic N) is 1. The van der Waals surface area contributed by atoms with E-state index in [9.17, 15) is 10.1 Å². The van der Waals surface area contributed by atoms with Crippen LogP contribution in [0.15, 0.2) is 12.1 Å². The van der Waals surface area contributed by atoms with Crippen molar-refractivity contribution in [1.82, 2.24) is 0 Å². The Labute approximate surface area is 169 Å². The van der Waals surface area contributed by atoms with Crippen LogP contribution in [0.2, 0.25) is 13.1 Å². The first-order chi connectivity index (χ1) is 12.8. The highest BCUT2D eigenvalue weighted by molar-refractivity contribution is 6.48. The summed E-state index contributed by atoms with van der Waals surface area (Å²) in [6.45, 7) is 14.4. The number of methoxy groups -OCH3 is 1. The minimum atomic E-state index is -1.43. The van der Waals surface area contributed by atoms with Crippen LogP contribution in [0.1, 0.15) is 51.8 Å². The molecule has 1 fully saturated rings. The second-order valence-electron chi connectivity index (χ2n) is 9.07. The Bertz CT molecular complexity index is 713. The lowest BCUT2D eigenvalue weighted by Gasteiger charge is -2.33. The maximum atomic E-state index is 11.9. The first-order valence-electron chi connectivity index (χ1n) is 9.66. The van der Waals surface area contributed by atoms with Crippen molar-refractivity contribution in [2.45, 2.75) is 72.1 Å². The average molecular weight is 412 g/mol. The molecule has 1 heterocycles. The zero-order valence-electron chi connectivity index (χ0n) is 18.2. The third-order valence-corrected chi connectivity index (χ3v) is 5.44. The zero-order valence-corrected chi connectivity index (χ0v) is 19.4. The van der Waals surface area contributed by atoms with Gasteiger partial charge in [0.2, 0.25) is 0 Å². The summed E-state index contributed by atoms with van der Waals surface area (Å²) < 4.78 is 23.3. The molecule has 0 bridgehead atoms. The molecule has 2 rings (SSSR count). The van der Waals surface area contributed by atoms with Crippen LogP contribution in [0.25, 0.3) is 0 Å². The molecule has 1 aliphatic rings. The van der Waals surface area contributed by atoms with Crippen LogP contribution in [0, 0.1) is 15.5 Å². The Hall–Kier alpha value is -1.48. The third kappa shape index (κ3) is 5.53. The number of nitro benzene ring substituents is 1. The van der Waals surface area contributed by atoms with Gasteiger partial charge in [0, 0.05) is 18.1 Å². The van der Waals surface area contributed by atoms with Crippen LogP contribution < -0.4 is 4.74 Å². The van der Waals surface area contributed by atoms with Crippen LogP contribution in [-0.2, 0) is 20.3 Å². The second-order valence-corrected chi connectivity index (χ2v) is 11.4. The highest BCUT2D eigenvalue weighted by Crippen LogP contribution is 2.43. The van der Waals surface area contributed by atoms with Crippen molar-refractivity contribution >= 4 is 14.7 Å². The van der Waals surface area contributed by atoms with Crippen LogP contribution in [0.3, 0.4) is 0 Å². The first-order valence-corrected chi connectivity index (χ1v) is 12.4. The van der Waals surface area contributed by atoms with Gasteiger partial charge in [-0.25, -0.2) is 0 Å². The fourth-order valence-corrected chi connectivity index (χ4v) is 4.57. The lowest BCUT2D eigenvalue weighted by molar-refractivity contribution is -0.386. The average Bonchev–Trinajstić information content (AvgIpc) is 2.89. The molecule has 1 saturated heterocycles. The molecular formula is C20H33NO6Si. The molecular weight excluding hydrogens is 378 g/mol. The molecule has 0 saturated carbocycles. The molecule has 7 nitrogen and oxygen atoms in total. The van der Waals surface area contributed by atoms with Crippen molar-refractivity contribution in [3.05, 3.63) is 33.4 Å². The van der Waals surface area contributed by atoms with Gasteiger partial charge in [-0.1, -0.05) is 20.8 Å². The Morgan fingerprint density at radius 2 is 2.00 bits per heavy atom. The van der Waals surface area contributed by atoms with E-state index < -0.39 is 14.8 Å². The van der Waals surface area contributed by atoms with Gasteiger partial charge in [0.15, 0.2) is 14.8 Å². The summed E-state index contributed by atoms with van der Waals surface area (Å²) in [5, 5.41) is 11.9. The molecule has 0 amide bonds. The zero-order chi connectivity index (χ0) is 21.3. The van der Waals surface area contributed by atoms with Crippen molar-refractivity contribution < 1.29 is 23.6 Å². The SMILES string of the molecule is COc1cc(C(O[SiH](C)C)C(C)(C)C)c([N+](=O)[O-])cc1CC1COC(C)(C)O1. The smallest absolute Gasteiger partial charge is 0.275 e. The normalized spacial score (nSPS) is 20.4. The Balaban J connectivity index is 2.48. The molecule has 28 heavy (non-hydrogen) atoms.